The van der Waals surface area contributed by atoms with Crippen LogP contribution >= 0.6 is 0 Å². The smallest absolute Gasteiger partial charge is 0.225 e. The van der Waals surface area contributed by atoms with Gasteiger partial charge in [0.25, 0.3) is 0 Å². The number of anilines is 1. The van der Waals surface area contributed by atoms with Crippen LogP contribution in [0, 0.1) is 13.8 Å². The molecule has 0 saturated heterocycles. The standard InChI is InChI=1S/C20H19NO4/c1-10-4-5-17-12(6-10)11(2)20(25-17)14-8-19(23)21-15-9-16(22)18(24-3)7-13(14)15/h4-7,9,14,22H,8H2,1-3H3,(H,21,23)/t14-/m0/s1. The molecule has 1 aliphatic rings. The highest BCUT2D eigenvalue weighted by molar-refractivity contribution is 5.96. The molecule has 128 valence electrons. The molecule has 0 spiro atoms. The van der Waals surface area contributed by atoms with Crippen LogP contribution in [-0.4, -0.2) is 18.1 Å². The highest BCUT2D eigenvalue weighted by Gasteiger charge is 2.32. The summed E-state index contributed by atoms with van der Waals surface area (Å²) in [5, 5.41) is 13.9. The van der Waals surface area contributed by atoms with Gasteiger partial charge in [0.05, 0.1) is 13.0 Å². The molecule has 2 aromatic carbocycles. The Balaban J connectivity index is 1.92. The predicted octanol–water partition coefficient (Wildman–Crippen LogP) is 4.24. The second-order valence-corrected chi connectivity index (χ2v) is 6.51. The third kappa shape index (κ3) is 2.43. The molecule has 1 aromatic heterocycles. The van der Waals surface area contributed by atoms with E-state index >= 15 is 0 Å². The number of hydrogen-bond acceptors (Lipinski definition) is 4. The van der Waals surface area contributed by atoms with Crippen LogP contribution in [0.4, 0.5) is 5.69 Å². The Labute approximate surface area is 145 Å². The van der Waals surface area contributed by atoms with E-state index in [1.165, 1.54) is 13.2 Å². The quantitative estimate of drug-likeness (QED) is 0.734. The van der Waals surface area contributed by atoms with Crippen LogP contribution in [0.2, 0.25) is 0 Å². The first kappa shape index (κ1) is 15.6. The lowest BCUT2D eigenvalue weighted by molar-refractivity contribution is -0.116. The normalized spacial score (nSPS) is 16.6. The van der Waals surface area contributed by atoms with Gasteiger partial charge < -0.3 is 19.6 Å². The number of phenolic OH excluding ortho intramolecular Hbond substituents is 1. The van der Waals surface area contributed by atoms with Gasteiger partial charge in [0.15, 0.2) is 11.5 Å². The minimum absolute atomic E-state index is 0.000784. The van der Waals surface area contributed by atoms with E-state index in [9.17, 15) is 9.90 Å². The van der Waals surface area contributed by atoms with Crippen molar-refractivity contribution in [3.05, 3.63) is 52.8 Å². The van der Waals surface area contributed by atoms with E-state index in [4.69, 9.17) is 9.15 Å². The lowest BCUT2D eigenvalue weighted by Gasteiger charge is -2.25. The van der Waals surface area contributed by atoms with Crippen molar-refractivity contribution in [3.63, 3.8) is 0 Å². The maximum Gasteiger partial charge on any atom is 0.225 e. The first-order valence-corrected chi connectivity index (χ1v) is 8.18. The van der Waals surface area contributed by atoms with E-state index < -0.39 is 0 Å². The Morgan fingerprint density at radius 3 is 2.80 bits per heavy atom. The van der Waals surface area contributed by atoms with Gasteiger partial charge in [-0.3, -0.25) is 4.79 Å². The summed E-state index contributed by atoms with van der Waals surface area (Å²) in [4.78, 5) is 12.2. The molecule has 2 heterocycles. The zero-order valence-electron chi connectivity index (χ0n) is 14.3. The molecule has 0 saturated carbocycles. The van der Waals surface area contributed by atoms with Gasteiger partial charge in [0.1, 0.15) is 11.3 Å². The van der Waals surface area contributed by atoms with Crippen molar-refractivity contribution in [2.45, 2.75) is 26.2 Å². The molecule has 0 unspecified atom stereocenters. The molecule has 1 amide bonds. The fraction of sp³-hybridized carbons (Fsp3) is 0.250. The van der Waals surface area contributed by atoms with Crippen LogP contribution in [0.3, 0.4) is 0 Å². The fourth-order valence-corrected chi connectivity index (χ4v) is 3.56. The number of methoxy groups -OCH3 is 1. The number of rotatable bonds is 2. The van der Waals surface area contributed by atoms with Gasteiger partial charge in [-0.2, -0.15) is 0 Å². The second kappa shape index (κ2) is 5.55. The van der Waals surface area contributed by atoms with Crippen molar-refractivity contribution in [1.82, 2.24) is 0 Å². The van der Waals surface area contributed by atoms with E-state index in [1.54, 1.807) is 6.07 Å². The number of fused-ring (bicyclic) bond motifs is 2. The maximum atomic E-state index is 12.2. The van der Waals surface area contributed by atoms with Crippen LogP contribution in [0.5, 0.6) is 11.5 Å². The van der Waals surface area contributed by atoms with Crippen molar-refractivity contribution in [3.8, 4) is 11.5 Å². The zero-order chi connectivity index (χ0) is 17.7. The Kier molecular flexibility index (Phi) is 3.46. The molecule has 5 nitrogen and oxygen atoms in total. The monoisotopic (exact) mass is 337 g/mol. The number of phenols is 1. The molecule has 0 bridgehead atoms. The Morgan fingerprint density at radius 2 is 2.04 bits per heavy atom. The zero-order valence-corrected chi connectivity index (χ0v) is 14.3. The Hall–Kier alpha value is -2.95. The van der Waals surface area contributed by atoms with Gasteiger partial charge in [-0.25, -0.2) is 0 Å². The molecule has 5 heteroatoms. The molecular formula is C20H19NO4. The summed E-state index contributed by atoms with van der Waals surface area (Å²) < 4.78 is 11.4. The van der Waals surface area contributed by atoms with E-state index in [-0.39, 0.29) is 17.6 Å². The molecular weight excluding hydrogens is 318 g/mol. The largest absolute Gasteiger partial charge is 0.504 e. The van der Waals surface area contributed by atoms with Crippen LogP contribution in [0.25, 0.3) is 11.0 Å². The van der Waals surface area contributed by atoms with Crippen molar-refractivity contribution in [2.75, 3.05) is 12.4 Å². The first-order chi connectivity index (χ1) is 12.0. The van der Waals surface area contributed by atoms with E-state index in [0.29, 0.717) is 17.9 Å². The molecule has 0 radical (unpaired) electrons. The molecule has 2 N–H and O–H groups in total. The summed E-state index contributed by atoms with van der Waals surface area (Å²) >= 11 is 0. The number of aromatic hydroxyl groups is 1. The summed E-state index contributed by atoms with van der Waals surface area (Å²) in [5.74, 6) is 0.845. The average molecular weight is 337 g/mol. The third-order valence-electron chi connectivity index (χ3n) is 4.84. The van der Waals surface area contributed by atoms with Gasteiger partial charge in [-0.15, -0.1) is 0 Å². The summed E-state index contributed by atoms with van der Waals surface area (Å²) in [6.07, 6.45) is 0.292. The number of amides is 1. The predicted molar refractivity (Wildman–Crippen MR) is 95.4 cm³/mol. The highest BCUT2D eigenvalue weighted by atomic mass is 16.5. The summed E-state index contributed by atoms with van der Waals surface area (Å²) in [6.45, 7) is 4.06. The molecule has 0 fully saturated rings. The van der Waals surface area contributed by atoms with E-state index in [1.807, 2.05) is 26.0 Å². The fourth-order valence-electron chi connectivity index (χ4n) is 3.56. The van der Waals surface area contributed by atoms with Crippen LogP contribution in [-0.2, 0) is 4.79 Å². The molecule has 0 aliphatic carbocycles. The topological polar surface area (TPSA) is 71.7 Å². The number of carbonyl (C=O) groups excluding carboxylic acids is 1. The first-order valence-electron chi connectivity index (χ1n) is 8.18. The van der Waals surface area contributed by atoms with Crippen LogP contribution in [0.15, 0.2) is 34.7 Å². The lowest BCUT2D eigenvalue weighted by atomic mass is 9.86. The number of carbonyl (C=O) groups is 1. The van der Waals surface area contributed by atoms with Crippen LogP contribution < -0.4 is 10.1 Å². The average Bonchev–Trinajstić information content (AvgIpc) is 2.90. The molecule has 1 aliphatic heterocycles. The Bertz CT molecular complexity index is 1000. The molecule has 3 aromatic rings. The third-order valence-corrected chi connectivity index (χ3v) is 4.84. The highest BCUT2D eigenvalue weighted by Crippen LogP contribution is 2.45. The van der Waals surface area contributed by atoms with Crippen LogP contribution in [0.1, 0.15) is 34.8 Å². The van der Waals surface area contributed by atoms with Crippen molar-refractivity contribution < 1.29 is 19.1 Å². The lowest BCUT2D eigenvalue weighted by Crippen LogP contribution is -2.23. The maximum absolute atomic E-state index is 12.2. The van der Waals surface area contributed by atoms with E-state index in [0.717, 1.165) is 33.4 Å². The van der Waals surface area contributed by atoms with Crippen molar-refractivity contribution in [2.24, 2.45) is 0 Å². The second-order valence-electron chi connectivity index (χ2n) is 6.51. The summed E-state index contributed by atoms with van der Waals surface area (Å²) in [7, 11) is 1.51. The summed E-state index contributed by atoms with van der Waals surface area (Å²) in [5.41, 5.74) is 4.49. The molecule has 25 heavy (non-hydrogen) atoms. The van der Waals surface area contributed by atoms with Gasteiger partial charge in [0.2, 0.25) is 5.91 Å². The van der Waals surface area contributed by atoms with Crippen molar-refractivity contribution in [1.29, 1.82) is 0 Å². The van der Waals surface area contributed by atoms with E-state index in [2.05, 4.69) is 11.4 Å². The van der Waals surface area contributed by atoms with Gasteiger partial charge in [-0.1, -0.05) is 11.6 Å². The number of ether oxygens (including phenoxy) is 1. The number of nitrogens with one attached hydrogen (secondary N) is 1. The van der Waals surface area contributed by atoms with Gasteiger partial charge in [-0.05, 0) is 43.2 Å². The van der Waals surface area contributed by atoms with Crippen molar-refractivity contribution >= 4 is 22.6 Å². The minimum Gasteiger partial charge on any atom is -0.504 e. The number of furan rings is 1. The minimum atomic E-state index is -0.217. The SMILES string of the molecule is COc1cc2c(cc1O)NC(=O)C[C@@H]2c1oc2ccc(C)cc2c1C. The number of aryl methyl sites for hydroxylation is 2. The number of benzene rings is 2. The summed E-state index contributed by atoms with van der Waals surface area (Å²) in [6, 6.07) is 9.37. The van der Waals surface area contributed by atoms with Gasteiger partial charge in [0, 0.05) is 23.6 Å². The van der Waals surface area contributed by atoms with Gasteiger partial charge >= 0.3 is 0 Å². The molecule has 4 rings (SSSR count). The Morgan fingerprint density at radius 1 is 1.24 bits per heavy atom. The number of hydrogen-bond donors (Lipinski definition) is 2. The molecule has 1 atom stereocenters.